The Hall–Kier alpha value is -2.07. The van der Waals surface area contributed by atoms with Crippen LogP contribution >= 0.6 is 27.3 Å². The summed E-state index contributed by atoms with van der Waals surface area (Å²) in [7, 11) is -3.43. The molecule has 4 rings (SSSR count). The lowest BCUT2D eigenvalue weighted by molar-refractivity contribution is 0.102. The molecule has 150 valence electrons. The van der Waals surface area contributed by atoms with E-state index < -0.39 is 10.0 Å². The quantitative estimate of drug-likeness (QED) is 0.564. The van der Waals surface area contributed by atoms with Crippen molar-refractivity contribution in [1.82, 2.24) is 9.29 Å². The molecule has 1 N–H and O–H groups in total. The van der Waals surface area contributed by atoms with Crippen molar-refractivity contribution in [1.29, 1.82) is 0 Å². The summed E-state index contributed by atoms with van der Waals surface area (Å²) in [5, 5.41) is 5.11. The van der Waals surface area contributed by atoms with Crippen LogP contribution in [0, 0.1) is 0 Å². The Bertz CT molecular complexity index is 1140. The van der Waals surface area contributed by atoms with Crippen LogP contribution < -0.4 is 5.32 Å². The molecule has 29 heavy (non-hydrogen) atoms. The van der Waals surface area contributed by atoms with Gasteiger partial charge in [0, 0.05) is 28.5 Å². The van der Waals surface area contributed by atoms with Crippen molar-refractivity contribution in [2.24, 2.45) is 0 Å². The molecule has 2 heterocycles. The molecule has 1 aromatic heterocycles. The molecule has 0 radical (unpaired) electrons. The molecule has 0 atom stereocenters. The highest BCUT2D eigenvalue weighted by Gasteiger charge is 2.27. The summed E-state index contributed by atoms with van der Waals surface area (Å²) in [6.45, 7) is 1.16. The first-order valence-corrected chi connectivity index (χ1v) is 12.2. The molecule has 2 aromatic carbocycles. The summed E-state index contributed by atoms with van der Waals surface area (Å²) in [5.74, 6) is -0.245. The largest absolute Gasteiger partial charge is 0.298 e. The molecule has 1 aliphatic rings. The number of halogens is 1. The Kier molecular flexibility index (Phi) is 5.82. The number of aromatic nitrogens is 1. The standard InChI is InChI=1S/C20H18BrN3O3S2/c21-17-6-2-1-5-16(17)19(25)23-20-22-18(13-28-20)14-7-9-15(10-8-14)29(26,27)24-11-3-4-12-24/h1-2,5-10,13H,3-4,11-12H2,(H,22,23,25). The lowest BCUT2D eigenvalue weighted by Gasteiger charge is -2.15. The van der Waals surface area contributed by atoms with Gasteiger partial charge in [0.25, 0.3) is 5.91 Å². The predicted octanol–water partition coefficient (Wildman–Crippen LogP) is 4.61. The van der Waals surface area contributed by atoms with Crippen LogP contribution in [0.15, 0.2) is 63.3 Å². The molecule has 9 heteroatoms. The van der Waals surface area contributed by atoms with Crippen LogP contribution in [-0.4, -0.2) is 36.7 Å². The van der Waals surface area contributed by atoms with Crippen molar-refractivity contribution in [2.75, 3.05) is 18.4 Å². The molecule has 0 spiro atoms. The number of rotatable bonds is 5. The summed E-state index contributed by atoms with van der Waals surface area (Å²) in [6.07, 6.45) is 1.81. The van der Waals surface area contributed by atoms with Crippen LogP contribution in [0.3, 0.4) is 0 Å². The zero-order valence-electron chi connectivity index (χ0n) is 15.3. The molecule has 0 unspecified atom stereocenters. The maximum Gasteiger partial charge on any atom is 0.258 e. The van der Waals surface area contributed by atoms with Crippen LogP contribution in [-0.2, 0) is 10.0 Å². The second kappa shape index (κ2) is 8.35. The second-order valence-electron chi connectivity index (χ2n) is 6.61. The van der Waals surface area contributed by atoms with Gasteiger partial charge in [0.05, 0.1) is 16.2 Å². The van der Waals surface area contributed by atoms with Crippen molar-refractivity contribution in [3.63, 3.8) is 0 Å². The van der Waals surface area contributed by atoms with Crippen molar-refractivity contribution < 1.29 is 13.2 Å². The van der Waals surface area contributed by atoms with Gasteiger partial charge in [-0.2, -0.15) is 4.31 Å². The van der Waals surface area contributed by atoms with E-state index in [1.165, 1.54) is 15.6 Å². The number of carbonyl (C=O) groups is 1. The van der Waals surface area contributed by atoms with Gasteiger partial charge in [-0.1, -0.05) is 24.3 Å². The number of thiazole rings is 1. The van der Waals surface area contributed by atoms with Gasteiger partial charge in [-0.25, -0.2) is 13.4 Å². The topological polar surface area (TPSA) is 79.4 Å². The summed E-state index contributed by atoms with van der Waals surface area (Å²) < 4.78 is 27.5. The van der Waals surface area contributed by atoms with Gasteiger partial charge in [0.2, 0.25) is 10.0 Å². The third-order valence-corrected chi connectivity index (χ3v) is 8.06. The monoisotopic (exact) mass is 491 g/mol. The molecule has 1 fully saturated rings. The van der Waals surface area contributed by atoms with E-state index in [0.717, 1.165) is 18.4 Å². The van der Waals surface area contributed by atoms with Gasteiger partial charge < -0.3 is 0 Å². The normalized spacial score (nSPS) is 14.8. The highest BCUT2D eigenvalue weighted by molar-refractivity contribution is 9.10. The zero-order chi connectivity index (χ0) is 20.4. The van der Waals surface area contributed by atoms with Crippen LogP contribution in [0.4, 0.5) is 5.13 Å². The van der Waals surface area contributed by atoms with Crippen molar-refractivity contribution >= 4 is 48.3 Å². The molecule has 6 nitrogen and oxygen atoms in total. The maximum atomic E-state index is 12.6. The molecule has 1 saturated heterocycles. The fourth-order valence-corrected chi connectivity index (χ4v) is 5.85. The first kappa shape index (κ1) is 20.2. The van der Waals surface area contributed by atoms with Crippen molar-refractivity contribution in [3.8, 4) is 11.3 Å². The lowest BCUT2D eigenvalue weighted by atomic mass is 10.2. The Balaban J connectivity index is 1.49. The smallest absolute Gasteiger partial charge is 0.258 e. The number of sulfonamides is 1. The fourth-order valence-electron chi connectivity index (χ4n) is 3.15. The predicted molar refractivity (Wildman–Crippen MR) is 118 cm³/mol. The number of hydrogen-bond donors (Lipinski definition) is 1. The molecule has 1 amide bonds. The van der Waals surface area contributed by atoms with E-state index in [0.29, 0.717) is 38.8 Å². The minimum atomic E-state index is -3.43. The Labute approximate surface area is 181 Å². The van der Waals surface area contributed by atoms with E-state index in [4.69, 9.17) is 0 Å². The van der Waals surface area contributed by atoms with E-state index in [-0.39, 0.29) is 5.91 Å². The summed E-state index contributed by atoms with van der Waals surface area (Å²) in [6, 6.07) is 13.9. The minimum absolute atomic E-state index is 0.245. The second-order valence-corrected chi connectivity index (χ2v) is 10.3. The third kappa shape index (κ3) is 4.28. The molecule has 3 aromatic rings. The SMILES string of the molecule is O=C(Nc1nc(-c2ccc(S(=O)(=O)N3CCCC3)cc2)cs1)c1ccccc1Br. The molecule has 0 saturated carbocycles. The summed E-state index contributed by atoms with van der Waals surface area (Å²) in [5.41, 5.74) is 2.01. The number of benzene rings is 2. The van der Waals surface area contributed by atoms with Crippen LogP contribution in [0.5, 0.6) is 0 Å². The van der Waals surface area contributed by atoms with Crippen LogP contribution in [0.1, 0.15) is 23.2 Å². The molecule has 0 aliphatic carbocycles. The van der Waals surface area contributed by atoms with Crippen molar-refractivity contribution in [3.05, 3.63) is 63.9 Å². The van der Waals surface area contributed by atoms with E-state index in [1.54, 1.807) is 42.5 Å². The number of carbonyl (C=O) groups excluding carboxylic acids is 1. The van der Waals surface area contributed by atoms with E-state index >= 15 is 0 Å². The number of amides is 1. The molecule has 0 bridgehead atoms. The van der Waals surface area contributed by atoms with E-state index in [9.17, 15) is 13.2 Å². The van der Waals surface area contributed by atoms with E-state index in [1.807, 2.05) is 11.4 Å². The fraction of sp³-hybridized carbons (Fsp3) is 0.200. The van der Waals surface area contributed by atoms with Crippen molar-refractivity contribution in [2.45, 2.75) is 17.7 Å². The first-order chi connectivity index (χ1) is 13.9. The van der Waals surface area contributed by atoms with E-state index in [2.05, 4.69) is 26.2 Å². The summed E-state index contributed by atoms with van der Waals surface area (Å²) >= 11 is 4.69. The lowest BCUT2D eigenvalue weighted by Crippen LogP contribution is -2.27. The number of nitrogens with zero attached hydrogens (tertiary/aromatic N) is 2. The highest BCUT2D eigenvalue weighted by Crippen LogP contribution is 2.28. The van der Waals surface area contributed by atoms with Gasteiger partial charge in [-0.15, -0.1) is 11.3 Å². The third-order valence-electron chi connectivity index (χ3n) is 4.70. The van der Waals surface area contributed by atoms with Gasteiger partial charge in [-0.05, 0) is 53.0 Å². The number of hydrogen-bond acceptors (Lipinski definition) is 5. The Morgan fingerprint density at radius 1 is 1.07 bits per heavy atom. The van der Waals surface area contributed by atoms with Gasteiger partial charge >= 0.3 is 0 Å². The van der Waals surface area contributed by atoms with Crippen LogP contribution in [0.25, 0.3) is 11.3 Å². The highest BCUT2D eigenvalue weighted by atomic mass is 79.9. The van der Waals surface area contributed by atoms with Gasteiger partial charge in [0.1, 0.15) is 0 Å². The number of nitrogens with one attached hydrogen (secondary N) is 1. The minimum Gasteiger partial charge on any atom is -0.298 e. The van der Waals surface area contributed by atoms with Crippen LogP contribution in [0.2, 0.25) is 0 Å². The Morgan fingerprint density at radius 2 is 1.76 bits per heavy atom. The average Bonchev–Trinajstić information content (AvgIpc) is 3.41. The molecular weight excluding hydrogens is 474 g/mol. The van der Waals surface area contributed by atoms with Gasteiger partial charge in [0.15, 0.2) is 5.13 Å². The Morgan fingerprint density at radius 3 is 2.45 bits per heavy atom. The zero-order valence-corrected chi connectivity index (χ0v) is 18.6. The summed E-state index contributed by atoms with van der Waals surface area (Å²) in [4.78, 5) is 17.2. The first-order valence-electron chi connectivity index (χ1n) is 9.07. The molecular formula is C20H18BrN3O3S2. The molecule has 1 aliphatic heterocycles. The number of anilines is 1. The maximum absolute atomic E-state index is 12.6. The van der Waals surface area contributed by atoms with Gasteiger partial charge in [-0.3, -0.25) is 10.1 Å². The average molecular weight is 492 g/mol.